The van der Waals surface area contributed by atoms with Gasteiger partial charge in [-0.05, 0) is 80.8 Å². The van der Waals surface area contributed by atoms with E-state index in [0.29, 0.717) is 18.9 Å². The third-order valence-corrected chi connectivity index (χ3v) is 7.46. The van der Waals surface area contributed by atoms with Gasteiger partial charge < -0.3 is 21.3 Å². The summed E-state index contributed by atoms with van der Waals surface area (Å²) >= 11 is 0. The third kappa shape index (κ3) is 6.97. The molecule has 0 aromatic heterocycles. The zero-order valence-corrected chi connectivity index (χ0v) is 21.0. The van der Waals surface area contributed by atoms with Crippen molar-refractivity contribution in [1.82, 2.24) is 15.5 Å². The Kier molecular flexibility index (Phi) is 10.1. The summed E-state index contributed by atoms with van der Waals surface area (Å²) in [6.07, 6.45) is 1.44. The predicted octanol–water partition coefficient (Wildman–Crippen LogP) is 3.55. The van der Waals surface area contributed by atoms with Gasteiger partial charge in [0.1, 0.15) is 12.2 Å². The maximum atomic E-state index is 15.4. The van der Waals surface area contributed by atoms with Gasteiger partial charge in [0.15, 0.2) is 17.8 Å². The summed E-state index contributed by atoms with van der Waals surface area (Å²) in [5, 5.41) is 6.31. The Bertz CT molecular complexity index is 887. The largest absolute Gasteiger partial charge is 0.351 e. The maximum absolute atomic E-state index is 15.4. The second-order valence-electron chi connectivity index (χ2n) is 10.2. The van der Waals surface area contributed by atoms with Crippen molar-refractivity contribution in [2.24, 2.45) is 17.6 Å². The first-order chi connectivity index (χ1) is 17.1. The Morgan fingerprint density at radius 1 is 1.19 bits per heavy atom. The van der Waals surface area contributed by atoms with Gasteiger partial charge in [0, 0.05) is 18.6 Å². The number of nitrogens with zero attached hydrogens (tertiary/aromatic N) is 1. The molecule has 0 saturated carbocycles. The van der Waals surface area contributed by atoms with E-state index in [-0.39, 0.29) is 42.3 Å². The molecule has 3 aliphatic rings. The fourth-order valence-electron chi connectivity index (χ4n) is 5.45. The van der Waals surface area contributed by atoms with Crippen LogP contribution in [0.5, 0.6) is 0 Å². The standard InChI is InChI=1S/C26H38F4N4O2/c1-3-4-19-15(2)7-10-34(24(19)25(35)33-18-5-8-32-9-6-18)26(36)23(30)22(31)13-16-11-17(27)14-21(29)20(28)12-16/h11-12,14-15,17-19,22-24,32H,3-10,13,31H2,1-2H3,(H,33,35). The first-order valence-electron chi connectivity index (χ1n) is 12.9. The molecule has 2 aliphatic heterocycles. The Labute approximate surface area is 210 Å². The highest BCUT2D eigenvalue weighted by Gasteiger charge is 2.45. The van der Waals surface area contributed by atoms with E-state index >= 15 is 4.39 Å². The van der Waals surface area contributed by atoms with E-state index in [0.717, 1.165) is 44.5 Å². The molecule has 6 nitrogen and oxygen atoms in total. The molecule has 2 fully saturated rings. The third-order valence-electron chi connectivity index (χ3n) is 7.46. The highest BCUT2D eigenvalue weighted by Crippen LogP contribution is 2.34. The molecule has 4 N–H and O–H groups in total. The Morgan fingerprint density at radius 3 is 2.56 bits per heavy atom. The summed E-state index contributed by atoms with van der Waals surface area (Å²) in [7, 11) is 0. The molecule has 0 aromatic rings. The number of piperidine rings is 2. The number of likely N-dealkylation sites (tertiary alicyclic amines) is 1. The SMILES string of the molecule is CCCC1C(C)CCN(C(=O)C(F)C(N)CC2=CC(F)C=C(F)C(F)=C2)C1C(=O)NC1CCNCC1. The van der Waals surface area contributed by atoms with Gasteiger partial charge in [0.25, 0.3) is 5.91 Å². The van der Waals surface area contributed by atoms with Crippen LogP contribution in [0.2, 0.25) is 0 Å². The summed E-state index contributed by atoms with van der Waals surface area (Å²) in [5.74, 6) is -3.75. The molecule has 2 saturated heterocycles. The van der Waals surface area contributed by atoms with Crippen molar-refractivity contribution in [3.05, 3.63) is 35.5 Å². The van der Waals surface area contributed by atoms with E-state index in [1.54, 1.807) is 0 Å². The molecule has 0 spiro atoms. The highest BCUT2D eigenvalue weighted by molar-refractivity contribution is 5.90. The first-order valence-corrected chi connectivity index (χ1v) is 12.9. The molecular weight excluding hydrogens is 476 g/mol. The number of hydrogen-bond acceptors (Lipinski definition) is 4. The molecular formula is C26H38F4N4O2. The van der Waals surface area contributed by atoms with Crippen molar-refractivity contribution < 1.29 is 27.2 Å². The summed E-state index contributed by atoms with van der Waals surface area (Å²) < 4.78 is 56.6. The van der Waals surface area contributed by atoms with Crippen molar-refractivity contribution in [3.8, 4) is 0 Å². The number of carbonyl (C=O) groups excluding carboxylic acids is 2. The minimum Gasteiger partial charge on any atom is -0.351 e. The molecule has 3 rings (SSSR count). The number of nitrogens with two attached hydrogens (primary N) is 1. The number of hydrogen-bond donors (Lipinski definition) is 3. The molecule has 2 heterocycles. The minimum absolute atomic E-state index is 0.00912. The molecule has 36 heavy (non-hydrogen) atoms. The van der Waals surface area contributed by atoms with Gasteiger partial charge in [-0.3, -0.25) is 9.59 Å². The van der Waals surface area contributed by atoms with Crippen molar-refractivity contribution in [3.63, 3.8) is 0 Å². The van der Waals surface area contributed by atoms with E-state index in [2.05, 4.69) is 10.6 Å². The normalized spacial score (nSPS) is 29.4. The van der Waals surface area contributed by atoms with Gasteiger partial charge >= 0.3 is 0 Å². The van der Waals surface area contributed by atoms with Crippen LogP contribution in [0.15, 0.2) is 35.5 Å². The Balaban J connectivity index is 1.76. The fourth-order valence-corrected chi connectivity index (χ4v) is 5.45. The number of alkyl halides is 2. The zero-order chi connectivity index (χ0) is 26.4. The molecule has 0 radical (unpaired) electrons. The lowest BCUT2D eigenvalue weighted by atomic mass is 9.77. The second kappa shape index (κ2) is 12.9. The van der Waals surface area contributed by atoms with Crippen LogP contribution in [0.25, 0.3) is 0 Å². The molecule has 10 heteroatoms. The van der Waals surface area contributed by atoms with Gasteiger partial charge in [-0.2, -0.15) is 0 Å². The predicted molar refractivity (Wildman–Crippen MR) is 131 cm³/mol. The number of amides is 2. The monoisotopic (exact) mass is 514 g/mol. The van der Waals surface area contributed by atoms with Gasteiger partial charge in [-0.15, -0.1) is 0 Å². The van der Waals surface area contributed by atoms with Gasteiger partial charge in [-0.1, -0.05) is 20.3 Å². The highest BCUT2D eigenvalue weighted by atomic mass is 19.2. The van der Waals surface area contributed by atoms with Crippen molar-refractivity contribution in [2.75, 3.05) is 19.6 Å². The summed E-state index contributed by atoms with van der Waals surface area (Å²) in [4.78, 5) is 28.1. The van der Waals surface area contributed by atoms with Crippen LogP contribution in [0, 0.1) is 11.8 Å². The van der Waals surface area contributed by atoms with Crippen LogP contribution in [0.1, 0.15) is 52.4 Å². The van der Waals surface area contributed by atoms with Crippen LogP contribution in [0.4, 0.5) is 17.6 Å². The lowest BCUT2D eigenvalue weighted by Gasteiger charge is -2.45. The lowest BCUT2D eigenvalue weighted by molar-refractivity contribution is -0.151. The Morgan fingerprint density at radius 2 is 1.89 bits per heavy atom. The van der Waals surface area contributed by atoms with Crippen LogP contribution in [0.3, 0.4) is 0 Å². The van der Waals surface area contributed by atoms with E-state index < -0.39 is 42.0 Å². The Hall–Kier alpha value is -2.20. The number of rotatable bonds is 8. The minimum atomic E-state index is -2.19. The lowest BCUT2D eigenvalue weighted by Crippen LogP contribution is -2.62. The van der Waals surface area contributed by atoms with Gasteiger partial charge in [0.05, 0.1) is 0 Å². The van der Waals surface area contributed by atoms with E-state index in [1.807, 2.05) is 13.8 Å². The van der Waals surface area contributed by atoms with Crippen molar-refractivity contribution in [2.45, 2.75) is 82.8 Å². The van der Waals surface area contributed by atoms with E-state index in [4.69, 9.17) is 5.73 Å². The van der Waals surface area contributed by atoms with Crippen LogP contribution >= 0.6 is 0 Å². The number of carbonyl (C=O) groups is 2. The molecule has 202 valence electrons. The zero-order valence-electron chi connectivity index (χ0n) is 21.0. The van der Waals surface area contributed by atoms with Crippen molar-refractivity contribution >= 4 is 11.8 Å². The van der Waals surface area contributed by atoms with Crippen molar-refractivity contribution in [1.29, 1.82) is 0 Å². The summed E-state index contributed by atoms with van der Waals surface area (Å²) in [5.41, 5.74) is 5.93. The average Bonchev–Trinajstić information content (AvgIpc) is 2.96. The molecule has 2 amide bonds. The second-order valence-corrected chi connectivity index (χ2v) is 10.2. The molecule has 6 atom stereocenters. The van der Waals surface area contributed by atoms with Gasteiger partial charge in [-0.25, -0.2) is 17.6 Å². The smallest absolute Gasteiger partial charge is 0.259 e. The molecule has 6 unspecified atom stereocenters. The van der Waals surface area contributed by atoms with Crippen LogP contribution < -0.4 is 16.4 Å². The van der Waals surface area contributed by atoms with Crippen LogP contribution in [-0.4, -0.2) is 66.8 Å². The quantitative estimate of drug-likeness (QED) is 0.433. The molecule has 0 aromatic carbocycles. The number of nitrogens with one attached hydrogen (secondary N) is 2. The topological polar surface area (TPSA) is 87.5 Å². The molecule has 0 bridgehead atoms. The van der Waals surface area contributed by atoms with Gasteiger partial charge in [0.2, 0.25) is 5.91 Å². The first kappa shape index (κ1) is 28.4. The number of halogens is 4. The maximum Gasteiger partial charge on any atom is 0.259 e. The van der Waals surface area contributed by atoms with E-state index in [1.165, 1.54) is 4.90 Å². The number of allylic oxidation sites excluding steroid dienone is 5. The van der Waals surface area contributed by atoms with E-state index in [9.17, 15) is 22.8 Å². The fraction of sp³-hybridized carbons (Fsp3) is 0.692. The molecule has 1 aliphatic carbocycles. The summed E-state index contributed by atoms with van der Waals surface area (Å²) in [6.45, 7) is 5.85. The van der Waals surface area contributed by atoms with Crippen LogP contribution in [-0.2, 0) is 9.59 Å². The average molecular weight is 515 g/mol. The summed E-state index contributed by atoms with van der Waals surface area (Å²) in [6, 6.07) is -2.24.